The number of sulfonamides is 1. The molecule has 0 aliphatic carbocycles. The Bertz CT molecular complexity index is 783. The van der Waals surface area contributed by atoms with Gasteiger partial charge >= 0.3 is 0 Å². The number of carbonyl (C=O) groups excluding carboxylic acids is 2. The summed E-state index contributed by atoms with van der Waals surface area (Å²) in [5.74, 6) is -0.545. The number of piperidine rings is 1. The zero-order valence-corrected chi connectivity index (χ0v) is 14.4. The number of benzene rings is 1. The van der Waals surface area contributed by atoms with Crippen LogP contribution in [0.4, 0.5) is 5.69 Å². The number of likely N-dealkylation sites (tertiary alicyclic amines) is 1. The molecule has 1 aromatic rings. The Morgan fingerprint density at radius 2 is 1.83 bits per heavy atom. The van der Waals surface area contributed by atoms with Crippen molar-refractivity contribution in [3.63, 3.8) is 0 Å². The van der Waals surface area contributed by atoms with Crippen LogP contribution in [0, 0.1) is 5.92 Å². The quantitative estimate of drug-likeness (QED) is 0.849. The molecule has 0 radical (unpaired) electrons. The van der Waals surface area contributed by atoms with Gasteiger partial charge in [0, 0.05) is 31.1 Å². The van der Waals surface area contributed by atoms with Crippen molar-refractivity contribution in [3.05, 3.63) is 29.3 Å². The molecule has 0 saturated carbocycles. The maximum Gasteiger partial charge on any atom is 0.253 e. The molecule has 2 aliphatic rings. The lowest BCUT2D eigenvalue weighted by molar-refractivity contribution is -0.123. The van der Waals surface area contributed by atoms with Gasteiger partial charge < -0.3 is 10.6 Å². The molecule has 0 bridgehead atoms. The molecule has 1 saturated heterocycles. The first-order valence-electron chi connectivity index (χ1n) is 7.96. The fraction of sp³-hybridized carbons (Fsp3) is 0.500. The predicted molar refractivity (Wildman–Crippen MR) is 90.2 cm³/mol. The minimum absolute atomic E-state index is 0.0847. The van der Waals surface area contributed by atoms with Gasteiger partial charge in [-0.3, -0.25) is 13.9 Å². The fourth-order valence-corrected chi connectivity index (χ4v) is 4.36. The van der Waals surface area contributed by atoms with Crippen molar-refractivity contribution in [2.24, 2.45) is 11.7 Å². The van der Waals surface area contributed by atoms with Crippen LogP contribution in [0.3, 0.4) is 0 Å². The van der Waals surface area contributed by atoms with Gasteiger partial charge in [-0.1, -0.05) is 0 Å². The van der Waals surface area contributed by atoms with Crippen molar-refractivity contribution in [2.45, 2.75) is 19.3 Å². The number of anilines is 1. The van der Waals surface area contributed by atoms with Gasteiger partial charge in [0.05, 0.1) is 11.9 Å². The van der Waals surface area contributed by atoms with Crippen LogP contribution in [-0.4, -0.2) is 51.0 Å². The summed E-state index contributed by atoms with van der Waals surface area (Å²) >= 11 is 0. The molecule has 24 heavy (non-hydrogen) atoms. The standard InChI is InChI=1S/C16H21N3O4S/c1-24(22,23)19-9-6-12-10-13(2-3-14(12)19)16(21)18-7-4-11(5-8-18)15(17)20/h2-3,10-11H,4-9H2,1H3,(H2,17,20). The summed E-state index contributed by atoms with van der Waals surface area (Å²) in [5.41, 5.74) is 7.40. The second kappa shape index (κ2) is 6.08. The molecule has 1 aromatic carbocycles. The molecule has 0 aromatic heterocycles. The highest BCUT2D eigenvalue weighted by atomic mass is 32.2. The number of hydrogen-bond donors (Lipinski definition) is 1. The highest BCUT2D eigenvalue weighted by molar-refractivity contribution is 7.92. The molecular weight excluding hydrogens is 330 g/mol. The molecule has 0 unspecified atom stereocenters. The van der Waals surface area contributed by atoms with E-state index >= 15 is 0 Å². The van der Waals surface area contributed by atoms with E-state index in [1.807, 2.05) is 0 Å². The SMILES string of the molecule is CS(=O)(=O)N1CCc2cc(C(=O)N3CCC(C(N)=O)CC3)ccc21. The van der Waals surface area contributed by atoms with Crippen LogP contribution in [-0.2, 0) is 21.2 Å². The Morgan fingerprint density at radius 3 is 2.42 bits per heavy atom. The monoisotopic (exact) mass is 351 g/mol. The lowest BCUT2D eigenvalue weighted by atomic mass is 9.95. The van der Waals surface area contributed by atoms with Gasteiger partial charge in [-0.2, -0.15) is 0 Å². The molecule has 2 aliphatic heterocycles. The Morgan fingerprint density at radius 1 is 1.17 bits per heavy atom. The lowest BCUT2D eigenvalue weighted by Crippen LogP contribution is -2.41. The third-order valence-corrected chi connectivity index (χ3v) is 5.94. The van der Waals surface area contributed by atoms with Crippen molar-refractivity contribution in [1.82, 2.24) is 4.90 Å². The van der Waals surface area contributed by atoms with Crippen LogP contribution >= 0.6 is 0 Å². The summed E-state index contributed by atoms with van der Waals surface area (Å²) in [6, 6.07) is 5.15. The number of hydrogen-bond acceptors (Lipinski definition) is 4. The average molecular weight is 351 g/mol. The number of fused-ring (bicyclic) bond motifs is 1. The van der Waals surface area contributed by atoms with Gasteiger partial charge in [-0.05, 0) is 43.0 Å². The maximum atomic E-state index is 12.6. The molecule has 2 heterocycles. The zero-order chi connectivity index (χ0) is 17.5. The van der Waals surface area contributed by atoms with Crippen LogP contribution in [0.1, 0.15) is 28.8 Å². The largest absolute Gasteiger partial charge is 0.369 e. The number of carbonyl (C=O) groups is 2. The summed E-state index contributed by atoms with van der Waals surface area (Å²) in [6.45, 7) is 1.44. The Labute approximate surface area is 141 Å². The average Bonchev–Trinajstić information content (AvgIpc) is 2.97. The smallest absolute Gasteiger partial charge is 0.253 e. The third kappa shape index (κ3) is 3.10. The van der Waals surface area contributed by atoms with Gasteiger partial charge in [-0.25, -0.2) is 8.42 Å². The minimum atomic E-state index is -3.29. The third-order valence-electron chi connectivity index (χ3n) is 4.76. The Balaban J connectivity index is 1.75. The molecule has 7 nitrogen and oxygen atoms in total. The van der Waals surface area contributed by atoms with Crippen molar-refractivity contribution < 1.29 is 18.0 Å². The number of nitrogens with zero attached hydrogens (tertiary/aromatic N) is 2. The highest BCUT2D eigenvalue weighted by Gasteiger charge is 2.29. The van der Waals surface area contributed by atoms with E-state index in [0.717, 1.165) is 5.56 Å². The summed E-state index contributed by atoms with van der Waals surface area (Å²) in [5, 5.41) is 0. The van der Waals surface area contributed by atoms with Crippen molar-refractivity contribution in [1.29, 1.82) is 0 Å². The van der Waals surface area contributed by atoms with Crippen LogP contribution in [0.25, 0.3) is 0 Å². The van der Waals surface area contributed by atoms with Gasteiger partial charge in [0.25, 0.3) is 5.91 Å². The number of rotatable bonds is 3. The maximum absolute atomic E-state index is 12.6. The van der Waals surface area contributed by atoms with E-state index in [2.05, 4.69) is 0 Å². The first kappa shape index (κ1) is 16.8. The van der Waals surface area contributed by atoms with Gasteiger partial charge in [0.2, 0.25) is 15.9 Å². The second-order valence-corrected chi connectivity index (χ2v) is 8.30. The molecular formula is C16H21N3O4S. The fourth-order valence-electron chi connectivity index (χ4n) is 3.40. The Kier molecular flexibility index (Phi) is 4.25. The van der Waals surface area contributed by atoms with E-state index in [4.69, 9.17) is 5.73 Å². The van der Waals surface area contributed by atoms with Crippen molar-refractivity contribution in [2.75, 3.05) is 30.2 Å². The van der Waals surface area contributed by atoms with E-state index in [9.17, 15) is 18.0 Å². The van der Waals surface area contributed by atoms with E-state index in [1.54, 1.807) is 23.1 Å². The molecule has 2 N–H and O–H groups in total. The molecule has 0 atom stereocenters. The number of amides is 2. The first-order chi connectivity index (χ1) is 11.3. The lowest BCUT2D eigenvalue weighted by Gasteiger charge is -2.30. The molecule has 3 rings (SSSR count). The van der Waals surface area contributed by atoms with Gasteiger partial charge in [-0.15, -0.1) is 0 Å². The van der Waals surface area contributed by atoms with E-state index < -0.39 is 10.0 Å². The zero-order valence-electron chi connectivity index (χ0n) is 13.6. The van der Waals surface area contributed by atoms with Crippen molar-refractivity contribution in [3.8, 4) is 0 Å². The van der Waals surface area contributed by atoms with Crippen LogP contribution < -0.4 is 10.0 Å². The summed E-state index contributed by atoms with van der Waals surface area (Å²) in [7, 11) is -3.29. The van der Waals surface area contributed by atoms with Gasteiger partial charge in [0.15, 0.2) is 0 Å². The predicted octanol–water partition coefficient (Wildman–Crippen LogP) is 0.346. The van der Waals surface area contributed by atoms with E-state index in [1.165, 1.54) is 10.6 Å². The van der Waals surface area contributed by atoms with E-state index in [0.29, 0.717) is 50.1 Å². The highest BCUT2D eigenvalue weighted by Crippen LogP contribution is 2.31. The molecule has 1 fully saturated rings. The van der Waals surface area contributed by atoms with Crippen LogP contribution in [0.2, 0.25) is 0 Å². The number of primary amides is 1. The molecule has 0 spiro atoms. The summed E-state index contributed by atoms with van der Waals surface area (Å²) in [6.07, 6.45) is 2.97. The summed E-state index contributed by atoms with van der Waals surface area (Å²) in [4.78, 5) is 25.6. The Hall–Kier alpha value is -2.09. The molecule has 2 amide bonds. The van der Waals surface area contributed by atoms with Crippen molar-refractivity contribution >= 4 is 27.5 Å². The molecule has 130 valence electrons. The van der Waals surface area contributed by atoms with Gasteiger partial charge in [0.1, 0.15) is 0 Å². The van der Waals surface area contributed by atoms with Crippen LogP contribution in [0.5, 0.6) is 0 Å². The first-order valence-corrected chi connectivity index (χ1v) is 9.81. The second-order valence-electron chi connectivity index (χ2n) is 6.40. The minimum Gasteiger partial charge on any atom is -0.369 e. The number of nitrogens with two attached hydrogens (primary N) is 1. The topological polar surface area (TPSA) is 101 Å². The summed E-state index contributed by atoms with van der Waals surface area (Å²) < 4.78 is 24.9. The van der Waals surface area contributed by atoms with E-state index in [-0.39, 0.29) is 17.7 Å². The normalized spacial score (nSPS) is 18.5. The van der Waals surface area contributed by atoms with Crippen LogP contribution in [0.15, 0.2) is 18.2 Å². The molecule has 8 heteroatoms.